The Kier molecular flexibility index (Phi) is 7.01. The Labute approximate surface area is 200 Å². The smallest absolute Gasteiger partial charge is 0.494 e. The first-order valence-electron chi connectivity index (χ1n) is 10.5. The predicted molar refractivity (Wildman–Crippen MR) is 125 cm³/mol. The Balaban J connectivity index is 0.000000429. The van der Waals surface area contributed by atoms with E-state index in [-0.39, 0.29) is 0 Å². The molecule has 0 saturated carbocycles. The second-order valence-corrected chi connectivity index (χ2v) is 8.88. The third kappa shape index (κ3) is 5.49. The van der Waals surface area contributed by atoms with E-state index in [1.165, 1.54) is 0 Å². The first-order chi connectivity index (χ1) is 16.2. The molecule has 1 aromatic heterocycles. The highest BCUT2D eigenvalue weighted by Gasteiger charge is 2.51. The molecule has 1 saturated heterocycles. The number of ether oxygens (including phenoxy) is 1. The number of carboxylic acids is 1. The molecule has 2 heterocycles. The van der Waals surface area contributed by atoms with Crippen molar-refractivity contribution in [3.8, 4) is 16.9 Å². The Hall–Kier alpha value is -3.38. The number of nitrogens with two attached hydrogens (primary N) is 1. The standard InChI is InChI=1S/C21H24BN3O3.C2HF3O2/c1-20(2)21(3,4)28-22(27-20)15-7-9-18(26-5)17(11-15)13-6-8-16-14(10-13)12-24-25-19(16)23;3-2(4,5)1(6)7/h6-12H,1-5H3,(H2,23,25);(H,6,7). The Morgan fingerprint density at radius 3 is 2.23 bits per heavy atom. The number of carboxylic acid groups (broad SMARTS) is 1. The van der Waals surface area contributed by atoms with E-state index >= 15 is 0 Å². The molecule has 0 spiro atoms. The number of nitrogens with zero attached hydrogens (tertiary/aromatic N) is 2. The fraction of sp³-hybridized carbons (Fsp3) is 0.348. The zero-order chi connectivity index (χ0) is 26.2. The minimum atomic E-state index is -5.08. The summed E-state index contributed by atoms with van der Waals surface area (Å²) in [5.74, 6) is -1.57. The number of hydrogen-bond acceptors (Lipinski definition) is 7. The Morgan fingerprint density at radius 2 is 1.69 bits per heavy atom. The number of alkyl halides is 3. The van der Waals surface area contributed by atoms with Gasteiger partial charge in [0.1, 0.15) is 5.75 Å². The van der Waals surface area contributed by atoms with Crippen molar-refractivity contribution in [3.05, 3.63) is 42.6 Å². The summed E-state index contributed by atoms with van der Waals surface area (Å²) in [5, 5.41) is 16.8. The van der Waals surface area contributed by atoms with Gasteiger partial charge in [0.15, 0.2) is 5.82 Å². The molecule has 0 aliphatic carbocycles. The van der Waals surface area contributed by atoms with Crippen molar-refractivity contribution in [2.75, 3.05) is 12.8 Å². The molecule has 0 radical (unpaired) electrons. The molecule has 12 heteroatoms. The second-order valence-electron chi connectivity index (χ2n) is 8.88. The fourth-order valence-corrected chi connectivity index (χ4v) is 3.35. The summed E-state index contributed by atoms with van der Waals surface area (Å²) in [4.78, 5) is 8.90. The highest BCUT2D eigenvalue weighted by atomic mass is 19.4. The maximum atomic E-state index is 10.6. The van der Waals surface area contributed by atoms with Crippen molar-refractivity contribution in [2.24, 2.45) is 0 Å². The van der Waals surface area contributed by atoms with Gasteiger partial charge in [-0.1, -0.05) is 18.2 Å². The first-order valence-corrected chi connectivity index (χ1v) is 10.5. The molecule has 8 nitrogen and oxygen atoms in total. The van der Waals surface area contributed by atoms with E-state index in [4.69, 9.17) is 29.7 Å². The van der Waals surface area contributed by atoms with E-state index in [1.54, 1.807) is 13.3 Å². The summed E-state index contributed by atoms with van der Waals surface area (Å²) in [6, 6.07) is 12.0. The molecular weight excluding hydrogens is 466 g/mol. The number of carbonyl (C=O) groups is 1. The van der Waals surface area contributed by atoms with Gasteiger partial charge in [-0.15, -0.1) is 5.10 Å². The van der Waals surface area contributed by atoms with Gasteiger partial charge >= 0.3 is 19.3 Å². The van der Waals surface area contributed by atoms with Crippen LogP contribution in [0, 0.1) is 0 Å². The number of halogens is 3. The van der Waals surface area contributed by atoms with Crippen LogP contribution in [0.2, 0.25) is 0 Å². The molecule has 3 aromatic rings. The van der Waals surface area contributed by atoms with Gasteiger partial charge in [0.2, 0.25) is 0 Å². The minimum absolute atomic E-state index is 0.392. The summed E-state index contributed by atoms with van der Waals surface area (Å²) >= 11 is 0. The average Bonchev–Trinajstić information content (AvgIpc) is 3.00. The van der Waals surface area contributed by atoms with Crippen molar-refractivity contribution in [1.29, 1.82) is 0 Å². The van der Waals surface area contributed by atoms with E-state index < -0.39 is 30.5 Å². The monoisotopic (exact) mass is 491 g/mol. The fourth-order valence-electron chi connectivity index (χ4n) is 3.35. The van der Waals surface area contributed by atoms with Gasteiger partial charge in [-0.2, -0.15) is 18.3 Å². The number of aromatic nitrogens is 2. The molecule has 4 rings (SSSR count). The molecule has 1 aliphatic rings. The predicted octanol–water partition coefficient (Wildman–Crippen LogP) is 3.82. The molecule has 2 aromatic carbocycles. The highest BCUT2D eigenvalue weighted by Crippen LogP contribution is 2.38. The molecule has 0 unspecified atom stereocenters. The van der Waals surface area contributed by atoms with Crippen molar-refractivity contribution in [2.45, 2.75) is 45.1 Å². The lowest BCUT2D eigenvalue weighted by atomic mass is 9.77. The van der Waals surface area contributed by atoms with Crippen LogP contribution in [0.5, 0.6) is 5.75 Å². The molecule has 35 heavy (non-hydrogen) atoms. The van der Waals surface area contributed by atoms with E-state index in [0.29, 0.717) is 5.82 Å². The lowest BCUT2D eigenvalue weighted by Gasteiger charge is -2.32. The molecule has 0 bridgehead atoms. The van der Waals surface area contributed by atoms with Crippen LogP contribution >= 0.6 is 0 Å². The number of nitrogen functional groups attached to an aromatic ring is 1. The van der Waals surface area contributed by atoms with Crippen LogP contribution in [0.15, 0.2) is 42.6 Å². The van der Waals surface area contributed by atoms with Gasteiger partial charge in [0.05, 0.1) is 24.5 Å². The number of anilines is 1. The summed E-state index contributed by atoms with van der Waals surface area (Å²) in [7, 11) is 1.23. The van der Waals surface area contributed by atoms with Crippen LogP contribution < -0.4 is 15.9 Å². The van der Waals surface area contributed by atoms with Gasteiger partial charge in [-0.05, 0) is 56.9 Å². The van der Waals surface area contributed by atoms with E-state index in [9.17, 15) is 13.2 Å². The molecule has 0 atom stereocenters. The van der Waals surface area contributed by atoms with Crippen LogP contribution in [-0.2, 0) is 14.1 Å². The zero-order valence-corrected chi connectivity index (χ0v) is 19.8. The third-order valence-electron chi connectivity index (χ3n) is 5.99. The summed E-state index contributed by atoms with van der Waals surface area (Å²) in [6.07, 6.45) is -3.38. The van der Waals surface area contributed by atoms with Gasteiger partial charge in [0, 0.05) is 16.3 Å². The van der Waals surface area contributed by atoms with E-state index in [0.717, 1.165) is 33.1 Å². The quantitative estimate of drug-likeness (QED) is 0.532. The number of aliphatic carboxylic acids is 1. The maximum absolute atomic E-state index is 10.6. The Morgan fingerprint density at radius 1 is 1.09 bits per heavy atom. The van der Waals surface area contributed by atoms with E-state index in [2.05, 4.69) is 16.3 Å². The molecule has 3 N–H and O–H groups in total. The summed E-state index contributed by atoms with van der Waals surface area (Å²) in [6.45, 7) is 8.19. The third-order valence-corrected chi connectivity index (χ3v) is 5.99. The van der Waals surface area contributed by atoms with Crippen LogP contribution in [0.3, 0.4) is 0 Å². The lowest BCUT2D eigenvalue weighted by Crippen LogP contribution is -2.41. The molecule has 0 amide bonds. The molecular formula is C23H25BF3N3O5. The Bertz CT molecular complexity index is 1230. The normalized spacial score (nSPS) is 16.5. The second kappa shape index (κ2) is 9.35. The van der Waals surface area contributed by atoms with Gasteiger partial charge in [0.25, 0.3) is 0 Å². The summed E-state index contributed by atoms with van der Waals surface area (Å²) in [5.41, 5.74) is 8.04. The highest BCUT2D eigenvalue weighted by molar-refractivity contribution is 6.62. The zero-order valence-electron chi connectivity index (χ0n) is 19.8. The van der Waals surface area contributed by atoms with Gasteiger partial charge in [-0.3, -0.25) is 0 Å². The van der Waals surface area contributed by atoms with Crippen LogP contribution in [0.1, 0.15) is 27.7 Å². The van der Waals surface area contributed by atoms with Crippen molar-refractivity contribution in [3.63, 3.8) is 0 Å². The minimum Gasteiger partial charge on any atom is -0.496 e. The number of rotatable bonds is 3. The average molecular weight is 491 g/mol. The number of fused-ring (bicyclic) bond motifs is 1. The molecule has 1 fully saturated rings. The van der Waals surface area contributed by atoms with Crippen LogP contribution in [0.4, 0.5) is 19.0 Å². The van der Waals surface area contributed by atoms with Crippen molar-refractivity contribution in [1.82, 2.24) is 10.2 Å². The number of hydrogen-bond donors (Lipinski definition) is 2. The number of methoxy groups -OCH3 is 1. The van der Waals surface area contributed by atoms with Crippen LogP contribution in [-0.4, -0.2) is 52.9 Å². The molecule has 1 aliphatic heterocycles. The largest absolute Gasteiger partial charge is 0.496 e. The summed E-state index contributed by atoms with van der Waals surface area (Å²) < 4.78 is 49.7. The lowest BCUT2D eigenvalue weighted by molar-refractivity contribution is -0.192. The molecule has 186 valence electrons. The van der Waals surface area contributed by atoms with Gasteiger partial charge in [-0.25, -0.2) is 4.79 Å². The van der Waals surface area contributed by atoms with Crippen molar-refractivity contribution < 1.29 is 37.1 Å². The van der Waals surface area contributed by atoms with Crippen molar-refractivity contribution >= 4 is 35.1 Å². The SMILES string of the molecule is COc1ccc(B2OC(C)(C)C(C)(C)O2)cc1-c1ccc2c(N)nncc2c1.O=C(O)C(F)(F)F. The van der Waals surface area contributed by atoms with E-state index in [1.807, 2.05) is 58.0 Å². The first kappa shape index (κ1) is 26.2. The van der Waals surface area contributed by atoms with Gasteiger partial charge < -0.3 is 24.9 Å². The van der Waals surface area contributed by atoms with Crippen LogP contribution in [0.25, 0.3) is 21.9 Å². The number of benzene rings is 2. The topological polar surface area (TPSA) is 117 Å². The maximum Gasteiger partial charge on any atom is 0.494 e.